The molecule has 4 aromatic rings. The van der Waals surface area contributed by atoms with Gasteiger partial charge in [-0.2, -0.15) is 10.2 Å². The summed E-state index contributed by atoms with van der Waals surface area (Å²) in [6, 6.07) is 9.88. The van der Waals surface area contributed by atoms with E-state index in [-0.39, 0.29) is 23.3 Å². The lowest BCUT2D eigenvalue weighted by Gasteiger charge is -2.73. The summed E-state index contributed by atoms with van der Waals surface area (Å²) in [6.07, 6.45) is 11.0. The second kappa shape index (κ2) is 11.1. The third kappa shape index (κ3) is 4.96. The van der Waals surface area contributed by atoms with Gasteiger partial charge in [0, 0.05) is 67.5 Å². The average Bonchev–Trinajstić information content (AvgIpc) is 3.84. The molecule has 3 saturated carbocycles. The van der Waals surface area contributed by atoms with Crippen LogP contribution in [-0.2, 0) is 22.1 Å². The van der Waals surface area contributed by atoms with Crippen molar-refractivity contribution in [2.24, 2.45) is 23.8 Å². The lowest BCUT2D eigenvalue weighted by atomic mass is 9.31. The number of ether oxygens (including phenoxy) is 1. The number of amides is 2. The van der Waals surface area contributed by atoms with Crippen molar-refractivity contribution in [3.8, 4) is 17.1 Å². The zero-order valence-corrected chi connectivity index (χ0v) is 28.7. The summed E-state index contributed by atoms with van der Waals surface area (Å²) in [5.41, 5.74) is 3.71. The third-order valence-corrected chi connectivity index (χ3v) is 12.4. The first kappa shape index (κ1) is 30.7. The predicted molar refractivity (Wildman–Crippen MR) is 184 cm³/mol. The van der Waals surface area contributed by atoms with Gasteiger partial charge in [0.05, 0.1) is 23.6 Å². The van der Waals surface area contributed by atoms with Crippen LogP contribution in [0.25, 0.3) is 22.2 Å². The number of aryl methyl sites for hydroxylation is 1. The van der Waals surface area contributed by atoms with E-state index < -0.39 is 5.41 Å². The van der Waals surface area contributed by atoms with E-state index in [2.05, 4.69) is 41.1 Å². The van der Waals surface area contributed by atoms with Gasteiger partial charge in [0.1, 0.15) is 12.0 Å². The number of pyridine rings is 1. The van der Waals surface area contributed by atoms with E-state index in [0.717, 1.165) is 79.0 Å². The zero-order chi connectivity index (χ0) is 33.5. The van der Waals surface area contributed by atoms with Crippen LogP contribution in [-0.4, -0.2) is 96.9 Å². The normalized spacial score (nSPS) is 28.5. The van der Waals surface area contributed by atoms with Gasteiger partial charge in [-0.15, -0.1) is 0 Å². The molecule has 12 heteroatoms. The standard InChI is InChI=1S/C37H45N9O3/c1-24(2)49-30-7-4-25(17-38-30)32-28-16-27(5-6-29(28)40-41-32)46-15-11-35(34(46)48)10-14-44(22-35)18-31(47)45-12-8-26(9-13-45)36-19-37(20-36,21-36)33-39-23-43(3)42-33/h4-7,16-17,23-24,26H,8-15,18-22H2,1-3H3,(H,40,41). The van der Waals surface area contributed by atoms with Gasteiger partial charge in [0.15, 0.2) is 5.82 Å². The molecule has 3 saturated heterocycles. The number of fused-ring (bicyclic) bond motifs is 1. The Labute approximate surface area is 286 Å². The maximum atomic E-state index is 14.0. The number of benzene rings is 1. The summed E-state index contributed by atoms with van der Waals surface area (Å²) in [6.45, 7) is 8.14. The molecule has 6 heterocycles. The monoisotopic (exact) mass is 663 g/mol. The Morgan fingerprint density at radius 2 is 1.82 bits per heavy atom. The SMILES string of the molecule is CC(C)Oc1ccc(-c2n[nH]c3ccc(N4CCC5(CCN(CC(=O)N6CCC(C78CC(c9ncn(C)n9)(C7)C8)CC6)C5)C4=O)cc23)cn1. The van der Waals surface area contributed by atoms with Crippen molar-refractivity contribution in [2.75, 3.05) is 44.2 Å². The summed E-state index contributed by atoms with van der Waals surface area (Å²) in [7, 11) is 1.94. The number of anilines is 1. The van der Waals surface area contributed by atoms with Crippen molar-refractivity contribution in [3.05, 3.63) is 48.7 Å². The number of carbonyl (C=O) groups excluding carboxylic acids is 2. The number of hydrogen-bond donors (Lipinski definition) is 1. The van der Waals surface area contributed by atoms with Gasteiger partial charge in [0.25, 0.3) is 0 Å². The number of piperidine rings is 1. The minimum atomic E-state index is -0.430. The highest BCUT2D eigenvalue weighted by Gasteiger charge is 2.72. The van der Waals surface area contributed by atoms with Crippen LogP contribution < -0.4 is 9.64 Å². The van der Waals surface area contributed by atoms with E-state index in [1.54, 1.807) is 6.20 Å². The van der Waals surface area contributed by atoms with E-state index in [0.29, 0.717) is 36.8 Å². The fourth-order valence-electron chi connectivity index (χ4n) is 9.91. The highest BCUT2D eigenvalue weighted by Crippen LogP contribution is 2.76. The summed E-state index contributed by atoms with van der Waals surface area (Å²) in [5, 5.41) is 13.3. The van der Waals surface area contributed by atoms with Crippen LogP contribution in [0.4, 0.5) is 5.69 Å². The molecule has 6 aliphatic rings. The van der Waals surface area contributed by atoms with Gasteiger partial charge >= 0.3 is 0 Å². The second-order valence-corrected chi connectivity index (χ2v) is 15.9. The van der Waals surface area contributed by atoms with Crippen LogP contribution in [0.15, 0.2) is 42.9 Å². The van der Waals surface area contributed by atoms with Crippen molar-refractivity contribution >= 4 is 28.4 Å². The van der Waals surface area contributed by atoms with Crippen molar-refractivity contribution in [1.82, 2.24) is 39.7 Å². The Hall–Kier alpha value is -4.32. The molecule has 1 spiro atoms. The zero-order valence-electron chi connectivity index (χ0n) is 28.7. The number of carbonyl (C=O) groups is 2. The fraction of sp³-hybridized carbons (Fsp3) is 0.568. The smallest absolute Gasteiger partial charge is 0.236 e. The van der Waals surface area contributed by atoms with Gasteiger partial charge in [0.2, 0.25) is 17.7 Å². The van der Waals surface area contributed by atoms with Crippen molar-refractivity contribution in [2.45, 2.75) is 70.3 Å². The number of H-pyrrole nitrogens is 1. The molecule has 49 heavy (non-hydrogen) atoms. The molecular weight excluding hydrogens is 618 g/mol. The van der Waals surface area contributed by atoms with E-state index >= 15 is 0 Å². The summed E-state index contributed by atoms with van der Waals surface area (Å²) >= 11 is 0. The Balaban J connectivity index is 0.803. The third-order valence-electron chi connectivity index (χ3n) is 12.4. The first-order valence-corrected chi connectivity index (χ1v) is 17.9. The van der Waals surface area contributed by atoms with Gasteiger partial charge in [-0.25, -0.2) is 9.97 Å². The van der Waals surface area contributed by atoms with Crippen LogP contribution >= 0.6 is 0 Å². The molecule has 6 fully saturated rings. The van der Waals surface area contributed by atoms with Gasteiger partial charge < -0.3 is 14.5 Å². The Morgan fingerprint density at radius 3 is 2.53 bits per heavy atom. The summed E-state index contributed by atoms with van der Waals surface area (Å²) in [5.74, 6) is 2.68. The highest BCUT2D eigenvalue weighted by molar-refractivity contribution is 6.03. The van der Waals surface area contributed by atoms with Crippen molar-refractivity contribution in [3.63, 3.8) is 0 Å². The van der Waals surface area contributed by atoms with Crippen LogP contribution in [0.1, 0.15) is 64.6 Å². The van der Waals surface area contributed by atoms with Crippen LogP contribution in [0.3, 0.4) is 0 Å². The van der Waals surface area contributed by atoms with Crippen LogP contribution in [0.2, 0.25) is 0 Å². The molecule has 3 aromatic heterocycles. The van der Waals surface area contributed by atoms with Gasteiger partial charge in [-0.3, -0.25) is 24.3 Å². The lowest BCUT2D eigenvalue weighted by molar-refractivity contribution is -0.195. The molecule has 2 bridgehead atoms. The van der Waals surface area contributed by atoms with E-state index in [9.17, 15) is 9.59 Å². The minimum absolute atomic E-state index is 0.0523. The second-order valence-electron chi connectivity index (χ2n) is 15.9. The average molecular weight is 664 g/mol. The molecule has 1 unspecified atom stereocenters. The molecule has 2 amide bonds. The van der Waals surface area contributed by atoms with E-state index in [4.69, 9.17) is 4.74 Å². The quantitative estimate of drug-likeness (QED) is 0.296. The number of rotatable bonds is 8. The molecule has 12 nitrogen and oxygen atoms in total. The predicted octanol–water partition coefficient (Wildman–Crippen LogP) is 4.33. The number of nitrogens with zero attached hydrogens (tertiary/aromatic N) is 8. The highest BCUT2D eigenvalue weighted by atomic mass is 16.5. The number of aromatic nitrogens is 6. The van der Waals surface area contributed by atoms with Crippen molar-refractivity contribution in [1.29, 1.82) is 0 Å². The van der Waals surface area contributed by atoms with E-state index in [1.165, 1.54) is 19.3 Å². The number of aromatic amines is 1. The molecule has 256 valence electrons. The maximum Gasteiger partial charge on any atom is 0.236 e. The lowest BCUT2D eigenvalue weighted by Crippen LogP contribution is -2.68. The Kier molecular flexibility index (Phi) is 6.96. The molecule has 10 rings (SSSR count). The summed E-state index contributed by atoms with van der Waals surface area (Å²) in [4.78, 5) is 42.8. The maximum absolute atomic E-state index is 14.0. The largest absolute Gasteiger partial charge is 0.475 e. The first-order valence-electron chi connectivity index (χ1n) is 17.9. The molecule has 3 aliphatic heterocycles. The van der Waals surface area contributed by atoms with Gasteiger partial charge in [-0.1, -0.05) is 0 Å². The van der Waals surface area contributed by atoms with Crippen LogP contribution in [0, 0.1) is 16.7 Å². The molecule has 3 aliphatic carbocycles. The number of nitrogens with one attached hydrogen (secondary N) is 1. The molecule has 0 radical (unpaired) electrons. The van der Waals surface area contributed by atoms with Crippen LogP contribution in [0.5, 0.6) is 5.88 Å². The first-order chi connectivity index (χ1) is 23.6. The fourth-order valence-corrected chi connectivity index (χ4v) is 9.91. The Bertz CT molecular complexity index is 1900. The minimum Gasteiger partial charge on any atom is -0.475 e. The molecule has 1 N–H and O–H groups in total. The van der Waals surface area contributed by atoms with E-state index in [1.807, 2.05) is 61.1 Å². The van der Waals surface area contributed by atoms with Gasteiger partial charge in [-0.05, 0) is 101 Å². The summed E-state index contributed by atoms with van der Waals surface area (Å²) < 4.78 is 7.52. The topological polar surface area (TPSA) is 125 Å². The number of hydrogen-bond acceptors (Lipinski definition) is 8. The Morgan fingerprint density at radius 1 is 1.02 bits per heavy atom. The number of likely N-dealkylation sites (tertiary alicyclic amines) is 2. The molecular formula is C37H45N9O3. The molecule has 1 aromatic carbocycles. The van der Waals surface area contributed by atoms with Crippen molar-refractivity contribution < 1.29 is 14.3 Å². The molecule has 1 atom stereocenters.